The van der Waals surface area contributed by atoms with Crippen molar-refractivity contribution >= 4 is 22.6 Å². The third-order valence-electron chi connectivity index (χ3n) is 5.71. The van der Waals surface area contributed by atoms with Gasteiger partial charge in [-0.15, -0.1) is 10.2 Å². The number of nitrogens with zero attached hydrogens (tertiary/aromatic N) is 3. The summed E-state index contributed by atoms with van der Waals surface area (Å²) in [6.45, 7) is 1.90. The van der Waals surface area contributed by atoms with E-state index in [4.69, 9.17) is 4.74 Å². The van der Waals surface area contributed by atoms with E-state index >= 15 is 0 Å². The van der Waals surface area contributed by atoms with Gasteiger partial charge < -0.3 is 20.1 Å². The largest absolute Gasteiger partial charge is 0.508 e. The molecule has 166 valence electrons. The van der Waals surface area contributed by atoms with Crippen LogP contribution >= 0.6 is 0 Å². The summed E-state index contributed by atoms with van der Waals surface area (Å²) in [5.74, 6) is -1.20. The highest BCUT2D eigenvalue weighted by Gasteiger charge is 2.20. The minimum Gasteiger partial charge on any atom is -0.508 e. The molecule has 0 spiro atoms. The summed E-state index contributed by atoms with van der Waals surface area (Å²) in [6.07, 6.45) is 2.70. The average molecular weight is 437 g/mol. The van der Waals surface area contributed by atoms with Gasteiger partial charge in [-0.25, -0.2) is 0 Å². The van der Waals surface area contributed by atoms with Crippen molar-refractivity contribution in [2.24, 2.45) is 16.1 Å². The van der Waals surface area contributed by atoms with Gasteiger partial charge in [0.1, 0.15) is 5.75 Å². The van der Waals surface area contributed by atoms with Gasteiger partial charge in [-0.3, -0.25) is 14.2 Å². The highest BCUT2D eigenvalue weighted by Crippen LogP contribution is 2.37. The van der Waals surface area contributed by atoms with Crippen LogP contribution in [-0.2, 0) is 11.3 Å². The molecule has 32 heavy (non-hydrogen) atoms. The van der Waals surface area contributed by atoms with Crippen molar-refractivity contribution in [2.45, 2.75) is 25.8 Å². The molecule has 4 rings (SSSR count). The molecule has 1 saturated heterocycles. The van der Waals surface area contributed by atoms with Crippen LogP contribution in [0.25, 0.3) is 10.8 Å². The summed E-state index contributed by atoms with van der Waals surface area (Å²) in [7, 11) is 0. The molecule has 0 unspecified atom stereocenters. The first-order chi connectivity index (χ1) is 15.4. The number of carbonyl (C=O) groups excluding carboxylic acids is 2. The maximum atomic E-state index is 12.4. The lowest BCUT2D eigenvalue weighted by molar-refractivity contribution is 0.0623. The number of azo groups is 1. The van der Waals surface area contributed by atoms with Crippen LogP contribution in [0.2, 0.25) is 0 Å². The Hall–Kier alpha value is -3.72. The number of hydrogen-bond acceptors (Lipinski definition) is 6. The molecule has 0 atom stereocenters. The molecular weight excluding hydrogens is 414 g/mol. The van der Waals surface area contributed by atoms with Gasteiger partial charge in [0.2, 0.25) is 11.8 Å². The number of amides is 2. The van der Waals surface area contributed by atoms with Crippen LogP contribution in [0.3, 0.4) is 0 Å². The van der Waals surface area contributed by atoms with Crippen LogP contribution in [0.15, 0.2) is 52.7 Å². The fraction of sp³-hybridized carbons (Fsp3) is 0.304. The predicted molar refractivity (Wildman–Crippen MR) is 115 cm³/mol. The van der Waals surface area contributed by atoms with Crippen molar-refractivity contribution < 1.29 is 29.6 Å². The molecular formula is C23H23N3O6. The standard InChI is InChI=1S/C23H23N3O6/c27-17-4-1-15(2-5-17)20(28)24-25-21(29)16-3-6-18-19(13-16)23(31)26(22(18)30)10-7-14-8-11-32-12-9-14/h1-6,13-14,27,30-31H,7-12H2. The Morgan fingerprint density at radius 3 is 2.16 bits per heavy atom. The molecule has 1 aliphatic heterocycles. The Balaban J connectivity index is 1.51. The molecule has 1 fully saturated rings. The van der Waals surface area contributed by atoms with Crippen LogP contribution in [0.5, 0.6) is 17.5 Å². The number of carbonyl (C=O) groups is 2. The molecule has 0 saturated carbocycles. The van der Waals surface area contributed by atoms with Crippen molar-refractivity contribution in [1.82, 2.24) is 4.57 Å². The first kappa shape index (κ1) is 21.5. The smallest absolute Gasteiger partial charge is 0.295 e. The molecule has 9 heteroatoms. The van der Waals surface area contributed by atoms with E-state index in [9.17, 15) is 24.9 Å². The SMILES string of the molecule is O=C(N=NC(=O)c1ccc2c(O)n(CCC3CCOCC3)c(O)c2c1)c1ccc(O)cc1. The highest BCUT2D eigenvalue weighted by molar-refractivity contribution is 6.03. The monoisotopic (exact) mass is 437 g/mol. The van der Waals surface area contributed by atoms with Crippen LogP contribution in [0.1, 0.15) is 40.0 Å². The normalized spacial score (nSPS) is 14.9. The van der Waals surface area contributed by atoms with Gasteiger partial charge in [0.05, 0.1) is 0 Å². The molecule has 2 amide bonds. The van der Waals surface area contributed by atoms with Gasteiger partial charge in [0.15, 0.2) is 0 Å². The summed E-state index contributed by atoms with van der Waals surface area (Å²) >= 11 is 0. The highest BCUT2D eigenvalue weighted by atomic mass is 16.5. The second-order valence-electron chi connectivity index (χ2n) is 7.76. The van der Waals surface area contributed by atoms with E-state index in [-0.39, 0.29) is 28.6 Å². The third-order valence-corrected chi connectivity index (χ3v) is 5.71. The maximum absolute atomic E-state index is 12.4. The Labute approximate surface area is 183 Å². The van der Waals surface area contributed by atoms with Gasteiger partial charge in [-0.05, 0) is 67.6 Å². The maximum Gasteiger partial charge on any atom is 0.295 e. The third kappa shape index (κ3) is 4.47. The van der Waals surface area contributed by atoms with Gasteiger partial charge in [0, 0.05) is 41.7 Å². The Kier molecular flexibility index (Phi) is 6.18. The van der Waals surface area contributed by atoms with E-state index in [1.807, 2.05) is 0 Å². The van der Waals surface area contributed by atoms with Crippen LogP contribution in [-0.4, -0.2) is 44.9 Å². The van der Waals surface area contributed by atoms with Crippen molar-refractivity contribution in [3.8, 4) is 17.5 Å². The number of aromatic hydroxyl groups is 3. The molecule has 0 radical (unpaired) electrons. The van der Waals surface area contributed by atoms with Crippen molar-refractivity contribution in [3.63, 3.8) is 0 Å². The van der Waals surface area contributed by atoms with Crippen molar-refractivity contribution in [1.29, 1.82) is 0 Å². The minimum absolute atomic E-state index is 0.00521. The molecule has 3 N–H and O–H groups in total. The van der Waals surface area contributed by atoms with E-state index in [0.29, 0.717) is 23.2 Å². The fourth-order valence-electron chi connectivity index (χ4n) is 3.82. The van der Waals surface area contributed by atoms with Crippen molar-refractivity contribution in [3.05, 3.63) is 53.6 Å². The van der Waals surface area contributed by atoms with Crippen LogP contribution < -0.4 is 0 Å². The molecule has 2 heterocycles. The molecule has 0 aliphatic carbocycles. The molecule has 1 aromatic heterocycles. The molecule has 9 nitrogen and oxygen atoms in total. The first-order valence-corrected chi connectivity index (χ1v) is 10.4. The molecule has 2 aromatic carbocycles. The van der Waals surface area contributed by atoms with E-state index in [2.05, 4.69) is 10.2 Å². The summed E-state index contributed by atoms with van der Waals surface area (Å²) in [6, 6.07) is 9.81. The number of phenols is 1. The van der Waals surface area contributed by atoms with Crippen molar-refractivity contribution in [2.75, 3.05) is 13.2 Å². The Morgan fingerprint density at radius 1 is 0.875 bits per heavy atom. The number of fused-ring (bicyclic) bond motifs is 1. The number of phenolic OH excluding ortho intramolecular Hbond substituents is 1. The lowest BCUT2D eigenvalue weighted by Gasteiger charge is -2.22. The fourth-order valence-corrected chi connectivity index (χ4v) is 3.82. The predicted octanol–water partition coefficient (Wildman–Crippen LogP) is 4.01. The number of rotatable bonds is 5. The summed E-state index contributed by atoms with van der Waals surface area (Å²) < 4.78 is 6.80. The van der Waals surface area contributed by atoms with Crippen LogP contribution in [0.4, 0.5) is 0 Å². The lowest BCUT2D eigenvalue weighted by atomic mass is 9.97. The quantitative estimate of drug-likeness (QED) is 0.517. The van der Waals surface area contributed by atoms with E-state index in [1.165, 1.54) is 47.0 Å². The number of aromatic nitrogens is 1. The Bertz CT molecular complexity index is 1180. The number of hydrogen-bond donors (Lipinski definition) is 3. The van der Waals surface area contributed by atoms with Gasteiger partial charge in [-0.1, -0.05) is 0 Å². The summed E-state index contributed by atoms with van der Waals surface area (Å²) in [4.78, 5) is 24.4. The zero-order valence-corrected chi connectivity index (χ0v) is 17.3. The molecule has 1 aliphatic rings. The minimum atomic E-state index is -0.757. The van der Waals surface area contributed by atoms with Gasteiger partial charge in [0.25, 0.3) is 11.8 Å². The average Bonchev–Trinajstić information content (AvgIpc) is 3.06. The van der Waals surface area contributed by atoms with E-state index < -0.39 is 11.8 Å². The lowest BCUT2D eigenvalue weighted by Crippen LogP contribution is -2.17. The molecule has 3 aromatic rings. The zero-order chi connectivity index (χ0) is 22.7. The zero-order valence-electron chi connectivity index (χ0n) is 17.3. The van der Waals surface area contributed by atoms with E-state index in [0.717, 1.165) is 32.5 Å². The topological polar surface area (TPSA) is 134 Å². The summed E-state index contributed by atoms with van der Waals surface area (Å²) in [5, 5.41) is 38.1. The second kappa shape index (κ2) is 9.19. The van der Waals surface area contributed by atoms with Gasteiger partial charge >= 0.3 is 0 Å². The number of benzene rings is 2. The summed E-state index contributed by atoms with van der Waals surface area (Å²) in [5.41, 5.74) is 0.301. The Morgan fingerprint density at radius 2 is 1.47 bits per heavy atom. The van der Waals surface area contributed by atoms with Gasteiger partial charge in [-0.2, -0.15) is 0 Å². The number of ether oxygens (including phenoxy) is 1. The van der Waals surface area contributed by atoms with Crippen LogP contribution in [0, 0.1) is 5.92 Å². The van der Waals surface area contributed by atoms with E-state index in [1.54, 1.807) is 0 Å². The second-order valence-corrected chi connectivity index (χ2v) is 7.76. The first-order valence-electron chi connectivity index (χ1n) is 10.4. The molecule has 0 bridgehead atoms.